The molecule has 4 atom stereocenters. The topological polar surface area (TPSA) is 99.7 Å². The van der Waals surface area contributed by atoms with E-state index in [1.165, 1.54) is 0 Å². The van der Waals surface area contributed by atoms with Gasteiger partial charge in [0.2, 0.25) is 11.8 Å². The molecule has 1 fully saturated rings. The third-order valence-corrected chi connectivity index (χ3v) is 5.89. The number of rotatable bonds is 4. The summed E-state index contributed by atoms with van der Waals surface area (Å²) in [6.45, 7) is 3.61. The van der Waals surface area contributed by atoms with Gasteiger partial charge in [0.1, 0.15) is 11.3 Å². The second kappa shape index (κ2) is 7.17. The molecule has 7 nitrogen and oxygen atoms in total. The summed E-state index contributed by atoms with van der Waals surface area (Å²) in [5.74, 6) is -0.519. The van der Waals surface area contributed by atoms with E-state index in [0.717, 1.165) is 11.1 Å². The second-order valence-corrected chi connectivity index (χ2v) is 7.81. The number of carbonyl (C=O) groups is 2. The molecule has 0 saturated carbocycles. The summed E-state index contributed by atoms with van der Waals surface area (Å²) in [5.41, 5.74) is 1.85. The van der Waals surface area contributed by atoms with Gasteiger partial charge in [0.15, 0.2) is 0 Å². The molecule has 4 rings (SSSR count). The summed E-state index contributed by atoms with van der Waals surface area (Å²) >= 11 is 0. The van der Waals surface area contributed by atoms with E-state index in [0.29, 0.717) is 23.5 Å². The number of nitrogens with one attached hydrogen (secondary N) is 3. The molecule has 0 unspecified atom stereocenters. The standard InChI is InChI=1S/C22H25N3O4/c1-12-4-9-18-16(10-12)22(21(28)24-18)17(11-19(25-22)13(2)26)20(27)23-14-5-7-15(29-3)8-6-14/h4-10,13,17,19,25-26H,11H2,1-3H3,(H,23,27)(H,24,28)/t13-,17-,19-,22-/m1/s1. The third-order valence-electron chi connectivity index (χ3n) is 5.89. The van der Waals surface area contributed by atoms with Crippen LogP contribution in [0.3, 0.4) is 0 Å². The fourth-order valence-electron chi connectivity index (χ4n) is 4.33. The highest BCUT2D eigenvalue weighted by atomic mass is 16.5. The van der Waals surface area contributed by atoms with Crippen molar-refractivity contribution in [2.45, 2.75) is 38.0 Å². The molecule has 4 N–H and O–H groups in total. The maximum atomic E-state index is 13.3. The van der Waals surface area contributed by atoms with E-state index >= 15 is 0 Å². The molecule has 7 heteroatoms. The maximum absolute atomic E-state index is 13.3. The number of anilines is 2. The Balaban J connectivity index is 1.71. The molecule has 1 spiro atoms. The molecule has 2 heterocycles. The Hall–Kier alpha value is -2.90. The Morgan fingerprint density at radius 2 is 2.00 bits per heavy atom. The van der Waals surface area contributed by atoms with Crippen molar-refractivity contribution in [3.8, 4) is 5.75 Å². The van der Waals surface area contributed by atoms with Crippen molar-refractivity contribution in [3.63, 3.8) is 0 Å². The fourth-order valence-corrected chi connectivity index (χ4v) is 4.33. The van der Waals surface area contributed by atoms with Crippen LogP contribution in [0.1, 0.15) is 24.5 Å². The van der Waals surface area contributed by atoms with Crippen LogP contribution in [0, 0.1) is 12.8 Å². The largest absolute Gasteiger partial charge is 0.497 e. The third kappa shape index (κ3) is 3.16. The molecule has 152 valence electrons. The number of hydrogen-bond acceptors (Lipinski definition) is 5. The van der Waals surface area contributed by atoms with Crippen LogP contribution in [-0.4, -0.2) is 36.2 Å². The first-order valence-electron chi connectivity index (χ1n) is 9.68. The SMILES string of the molecule is COc1ccc(NC(=O)[C@H]2C[C@H]([C@@H](C)O)N[C@@]23C(=O)Nc2ccc(C)cc23)cc1. The molecule has 0 bridgehead atoms. The van der Waals surface area contributed by atoms with Crippen LogP contribution in [0.15, 0.2) is 42.5 Å². The van der Waals surface area contributed by atoms with Crippen molar-refractivity contribution in [2.75, 3.05) is 17.7 Å². The van der Waals surface area contributed by atoms with E-state index in [9.17, 15) is 14.7 Å². The zero-order valence-electron chi connectivity index (χ0n) is 16.7. The highest BCUT2D eigenvalue weighted by Crippen LogP contribution is 2.48. The zero-order valence-corrected chi connectivity index (χ0v) is 16.7. The number of amides is 2. The minimum Gasteiger partial charge on any atom is -0.497 e. The van der Waals surface area contributed by atoms with Crippen molar-refractivity contribution >= 4 is 23.2 Å². The zero-order chi connectivity index (χ0) is 20.8. The first-order chi connectivity index (χ1) is 13.8. The summed E-state index contributed by atoms with van der Waals surface area (Å²) in [6, 6.07) is 12.4. The van der Waals surface area contributed by atoms with E-state index in [1.54, 1.807) is 38.3 Å². The Morgan fingerprint density at radius 1 is 1.28 bits per heavy atom. The summed E-state index contributed by atoms with van der Waals surface area (Å²) in [7, 11) is 1.58. The first-order valence-corrected chi connectivity index (χ1v) is 9.68. The van der Waals surface area contributed by atoms with E-state index < -0.39 is 17.6 Å². The van der Waals surface area contributed by atoms with E-state index in [-0.39, 0.29) is 17.9 Å². The predicted molar refractivity (Wildman–Crippen MR) is 110 cm³/mol. The monoisotopic (exact) mass is 395 g/mol. The van der Waals surface area contributed by atoms with E-state index in [2.05, 4.69) is 16.0 Å². The molecular formula is C22H25N3O4. The van der Waals surface area contributed by atoms with Crippen LogP contribution < -0.4 is 20.7 Å². The average Bonchev–Trinajstić information content (AvgIpc) is 3.23. The number of fused-ring (bicyclic) bond motifs is 2. The number of aliphatic hydroxyl groups excluding tert-OH is 1. The smallest absolute Gasteiger partial charge is 0.250 e. The van der Waals surface area contributed by atoms with Crippen molar-refractivity contribution in [3.05, 3.63) is 53.6 Å². The number of methoxy groups -OCH3 is 1. The lowest BCUT2D eigenvalue weighted by Gasteiger charge is -2.29. The molecule has 2 aromatic carbocycles. The van der Waals surface area contributed by atoms with Gasteiger partial charge in [-0.2, -0.15) is 0 Å². The van der Waals surface area contributed by atoms with Crippen molar-refractivity contribution in [1.82, 2.24) is 5.32 Å². The van der Waals surface area contributed by atoms with Crippen molar-refractivity contribution in [1.29, 1.82) is 0 Å². The van der Waals surface area contributed by atoms with Crippen LogP contribution in [0.4, 0.5) is 11.4 Å². The van der Waals surface area contributed by atoms with Crippen LogP contribution in [0.5, 0.6) is 5.75 Å². The molecule has 0 aliphatic carbocycles. The summed E-state index contributed by atoms with van der Waals surface area (Å²) in [6.07, 6.45) is -0.354. The highest BCUT2D eigenvalue weighted by molar-refractivity contribution is 6.10. The van der Waals surface area contributed by atoms with Gasteiger partial charge in [0.05, 0.1) is 19.1 Å². The Kier molecular flexibility index (Phi) is 4.80. The molecule has 2 aromatic rings. The lowest BCUT2D eigenvalue weighted by Crippen LogP contribution is -2.53. The van der Waals surface area contributed by atoms with Crippen molar-refractivity contribution in [2.24, 2.45) is 5.92 Å². The lowest BCUT2D eigenvalue weighted by molar-refractivity contribution is -0.130. The molecule has 2 aliphatic rings. The molecule has 1 saturated heterocycles. The fraction of sp³-hybridized carbons (Fsp3) is 0.364. The second-order valence-electron chi connectivity index (χ2n) is 7.81. The Bertz CT molecular complexity index is 957. The van der Waals surface area contributed by atoms with Gasteiger partial charge in [-0.15, -0.1) is 0 Å². The van der Waals surface area contributed by atoms with Gasteiger partial charge in [0.25, 0.3) is 0 Å². The van der Waals surface area contributed by atoms with Crippen LogP contribution in [0.25, 0.3) is 0 Å². The predicted octanol–water partition coefficient (Wildman–Crippen LogP) is 2.15. The number of carbonyl (C=O) groups excluding carboxylic acids is 2. The summed E-state index contributed by atoms with van der Waals surface area (Å²) in [5, 5.41) is 19.3. The molecular weight excluding hydrogens is 370 g/mol. The van der Waals surface area contributed by atoms with Gasteiger partial charge >= 0.3 is 0 Å². The van der Waals surface area contributed by atoms with Gasteiger partial charge in [-0.1, -0.05) is 17.7 Å². The van der Waals surface area contributed by atoms with Crippen LogP contribution >= 0.6 is 0 Å². The number of benzene rings is 2. The Labute approximate surface area is 169 Å². The molecule has 29 heavy (non-hydrogen) atoms. The van der Waals surface area contributed by atoms with Gasteiger partial charge < -0.3 is 20.5 Å². The van der Waals surface area contributed by atoms with Gasteiger partial charge in [-0.05, 0) is 50.6 Å². The molecule has 0 aromatic heterocycles. The number of hydrogen-bond donors (Lipinski definition) is 4. The number of ether oxygens (including phenoxy) is 1. The maximum Gasteiger partial charge on any atom is 0.250 e. The minimum atomic E-state index is -1.21. The van der Waals surface area contributed by atoms with E-state index in [4.69, 9.17) is 4.74 Å². The normalized spacial score (nSPS) is 26.1. The quantitative estimate of drug-likeness (QED) is 0.636. The average molecular weight is 395 g/mol. The molecule has 2 amide bonds. The van der Waals surface area contributed by atoms with E-state index in [1.807, 2.05) is 25.1 Å². The Morgan fingerprint density at radius 3 is 2.66 bits per heavy atom. The van der Waals surface area contributed by atoms with Gasteiger partial charge in [-0.25, -0.2) is 0 Å². The molecule has 0 radical (unpaired) electrons. The molecule has 2 aliphatic heterocycles. The number of aliphatic hydroxyl groups is 1. The first kappa shape index (κ1) is 19.4. The highest BCUT2D eigenvalue weighted by Gasteiger charge is 2.60. The summed E-state index contributed by atoms with van der Waals surface area (Å²) < 4.78 is 5.15. The van der Waals surface area contributed by atoms with Gasteiger partial charge in [-0.3, -0.25) is 14.9 Å². The van der Waals surface area contributed by atoms with Crippen molar-refractivity contribution < 1.29 is 19.4 Å². The minimum absolute atomic E-state index is 0.267. The van der Waals surface area contributed by atoms with Crippen LogP contribution in [0.2, 0.25) is 0 Å². The lowest BCUT2D eigenvalue weighted by atomic mass is 9.79. The summed E-state index contributed by atoms with van der Waals surface area (Å²) in [4.78, 5) is 26.4. The van der Waals surface area contributed by atoms with Gasteiger partial charge in [0, 0.05) is 23.0 Å². The van der Waals surface area contributed by atoms with Crippen LogP contribution in [-0.2, 0) is 15.1 Å². The number of aryl methyl sites for hydroxylation is 1.